The highest BCUT2D eigenvalue weighted by molar-refractivity contribution is 6.14. The lowest BCUT2D eigenvalue weighted by Gasteiger charge is -2.13. The van der Waals surface area contributed by atoms with Crippen LogP contribution in [-0.4, -0.2) is 23.2 Å². The third-order valence-corrected chi connectivity index (χ3v) is 5.29. The molecule has 0 aliphatic rings. The Morgan fingerprint density at radius 3 is 2.38 bits per heavy atom. The molecule has 0 amide bonds. The van der Waals surface area contributed by atoms with Gasteiger partial charge in [-0.1, -0.05) is 36.4 Å². The van der Waals surface area contributed by atoms with E-state index in [-0.39, 0.29) is 24.0 Å². The first-order chi connectivity index (χ1) is 14.1. The summed E-state index contributed by atoms with van der Waals surface area (Å²) in [5.74, 6) is 0. The number of H-pyrrole nitrogens is 1. The summed E-state index contributed by atoms with van der Waals surface area (Å²) in [5.41, 5.74) is 3.37. The van der Waals surface area contributed by atoms with Crippen molar-refractivity contribution in [1.82, 2.24) is 4.98 Å². The molecule has 29 heavy (non-hydrogen) atoms. The lowest BCUT2D eigenvalue weighted by molar-refractivity contribution is 0.311. The van der Waals surface area contributed by atoms with E-state index in [1.54, 1.807) is 30.3 Å². The number of anilines is 1. The Bertz CT molecular complexity index is 1550. The van der Waals surface area contributed by atoms with Crippen molar-refractivity contribution < 1.29 is 9.52 Å². The average molecular weight is 386 g/mol. The van der Waals surface area contributed by atoms with E-state index in [9.17, 15) is 14.7 Å². The maximum Gasteiger partial charge on any atom is 0.196 e. The van der Waals surface area contributed by atoms with E-state index in [4.69, 9.17) is 4.42 Å². The third-order valence-electron chi connectivity index (χ3n) is 5.29. The zero-order valence-electron chi connectivity index (χ0n) is 15.7. The first kappa shape index (κ1) is 17.5. The minimum atomic E-state index is -0.229. The van der Waals surface area contributed by atoms with Crippen molar-refractivity contribution in [3.63, 3.8) is 0 Å². The van der Waals surface area contributed by atoms with E-state index >= 15 is 0 Å². The maximum absolute atomic E-state index is 13.4. The van der Waals surface area contributed by atoms with E-state index < -0.39 is 0 Å². The summed E-state index contributed by atoms with van der Waals surface area (Å²) in [6.07, 6.45) is 0. The van der Waals surface area contributed by atoms with Crippen LogP contribution < -0.4 is 16.2 Å². The summed E-state index contributed by atoms with van der Waals surface area (Å²) in [7, 11) is 0. The van der Waals surface area contributed by atoms with Gasteiger partial charge in [0.25, 0.3) is 0 Å². The molecule has 3 N–H and O–H groups in total. The number of aromatic nitrogens is 1. The number of hydrogen-bond acceptors (Lipinski definition) is 5. The molecule has 0 saturated heterocycles. The maximum atomic E-state index is 13.4. The summed E-state index contributed by atoms with van der Waals surface area (Å²) in [5, 5.41) is 13.7. The molecule has 4 aromatic carbocycles. The second-order valence-electron chi connectivity index (χ2n) is 7.08. The fourth-order valence-corrected chi connectivity index (χ4v) is 3.93. The van der Waals surface area contributed by atoms with Crippen LogP contribution >= 0.6 is 0 Å². The van der Waals surface area contributed by atoms with Gasteiger partial charge < -0.3 is 19.8 Å². The molecule has 0 radical (unpaired) electrons. The molecule has 0 atom stereocenters. The highest BCUT2D eigenvalue weighted by atomic mass is 16.3. The number of para-hydroxylation sites is 1. The predicted octanol–water partition coefficient (Wildman–Crippen LogP) is 3.65. The number of hydrogen-bond donors (Lipinski definition) is 3. The molecule has 0 aliphatic heterocycles. The Hall–Kier alpha value is -3.64. The van der Waals surface area contributed by atoms with Gasteiger partial charge in [-0.3, -0.25) is 9.59 Å². The molecule has 5 rings (SSSR count). The molecular weight excluding hydrogens is 368 g/mol. The normalized spacial score (nSPS) is 11.7. The minimum Gasteiger partial charge on any atom is -0.453 e. The fourth-order valence-electron chi connectivity index (χ4n) is 3.93. The number of nitrogens with one attached hydrogen (secondary N) is 2. The summed E-state index contributed by atoms with van der Waals surface area (Å²) in [6.45, 7) is 2.09. The Balaban J connectivity index is 2.08. The number of aliphatic hydroxyl groups is 1. The zero-order valence-corrected chi connectivity index (χ0v) is 15.7. The second kappa shape index (κ2) is 6.46. The van der Waals surface area contributed by atoms with Crippen molar-refractivity contribution in [3.8, 4) is 0 Å². The lowest BCUT2D eigenvalue weighted by Crippen LogP contribution is -2.16. The number of aryl methyl sites for hydroxylation is 1. The van der Waals surface area contributed by atoms with Gasteiger partial charge in [0, 0.05) is 23.4 Å². The number of fused-ring (bicyclic) bond motifs is 5. The Kier molecular flexibility index (Phi) is 3.89. The molecule has 6 heteroatoms. The van der Waals surface area contributed by atoms with E-state index in [1.807, 2.05) is 25.1 Å². The van der Waals surface area contributed by atoms with Crippen molar-refractivity contribution in [1.29, 1.82) is 0 Å². The summed E-state index contributed by atoms with van der Waals surface area (Å²) < 4.78 is 6.09. The molecule has 1 aromatic heterocycles. The minimum absolute atomic E-state index is 0.105. The van der Waals surface area contributed by atoms with E-state index in [2.05, 4.69) is 10.3 Å². The van der Waals surface area contributed by atoms with E-state index in [1.165, 1.54) is 0 Å². The summed E-state index contributed by atoms with van der Waals surface area (Å²) in [6, 6.07) is 14.2. The monoisotopic (exact) mass is 386 g/mol. The van der Waals surface area contributed by atoms with Crippen LogP contribution in [0.5, 0.6) is 0 Å². The number of rotatable bonds is 3. The van der Waals surface area contributed by atoms with Gasteiger partial charge in [0.1, 0.15) is 0 Å². The van der Waals surface area contributed by atoms with Gasteiger partial charge in [-0.05, 0) is 18.6 Å². The molecule has 0 fully saturated rings. The average Bonchev–Trinajstić information content (AvgIpc) is 2.74. The summed E-state index contributed by atoms with van der Waals surface area (Å²) >= 11 is 0. The van der Waals surface area contributed by atoms with Crippen LogP contribution in [0.25, 0.3) is 43.7 Å². The first-order valence-electron chi connectivity index (χ1n) is 9.38. The SMILES string of the molecule is Cc1cccc2oc3cc(NCCO)c4c(=O)c5ccccc5c(=O)c4c3[nH]c12. The first-order valence-corrected chi connectivity index (χ1v) is 9.38. The third kappa shape index (κ3) is 2.53. The van der Waals surface area contributed by atoms with Crippen molar-refractivity contribution in [2.45, 2.75) is 6.92 Å². The van der Waals surface area contributed by atoms with Crippen LogP contribution in [0.1, 0.15) is 5.56 Å². The molecule has 5 aromatic rings. The van der Waals surface area contributed by atoms with Gasteiger partial charge in [-0.25, -0.2) is 0 Å². The number of benzene rings is 4. The van der Waals surface area contributed by atoms with Crippen LogP contribution in [-0.2, 0) is 0 Å². The molecule has 0 saturated carbocycles. The van der Waals surface area contributed by atoms with E-state index in [0.29, 0.717) is 43.9 Å². The highest BCUT2D eigenvalue weighted by Crippen LogP contribution is 2.31. The van der Waals surface area contributed by atoms with Gasteiger partial charge in [0.2, 0.25) is 0 Å². The van der Waals surface area contributed by atoms with Crippen LogP contribution in [0.2, 0.25) is 0 Å². The van der Waals surface area contributed by atoms with Crippen LogP contribution in [0.4, 0.5) is 5.69 Å². The van der Waals surface area contributed by atoms with Gasteiger partial charge in [-0.2, -0.15) is 0 Å². The zero-order chi connectivity index (χ0) is 20.1. The second-order valence-corrected chi connectivity index (χ2v) is 7.08. The van der Waals surface area contributed by atoms with E-state index in [0.717, 1.165) is 11.1 Å². The topological polar surface area (TPSA) is 95.3 Å². The smallest absolute Gasteiger partial charge is 0.196 e. The molecule has 1 heterocycles. The molecule has 0 spiro atoms. The van der Waals surface area contributed by atoms with Crippen LogP contribution in [0.15, 0.2) is 62.5 Å². The largest absolute Gasteiger partial charge is 0.453 e. The molecule has 0 unspecified atom stereocenters. The van der Waals surface area contributed by atoms with Gasteiger partial charge in [0.05, 0.1) is 34.1 Å². The van der Waals surface area contributed by atoms with Crippen LogP contribution in [0.3, 0.4) is 0 Å². The molecule has 0 aliphatic carbocycles. The Labute approximate surface area is 164 Å². The standard InChI is InChI=1S/C23H18N2O4/c1-12-5-4-8-16-20(12)25-21-17(29-16)11-15(24-9-10-26)18-19(21)23(28)14-7-3-2-6-13(14)22(18)27/h2-8,11,24-26H,9-10H2,1H3. The predicted molar refractivity (Wildman–Crippen MR) is 116 cm³/mol. The fraction of sp³-hybridized carbons (Fsp3) is 0.130. The van der Waals surface area contributed by atoms with Crippen molar-refractivity contribution in [3.05, 3.63) is 74.5 Å². The molecule has 0 bridgehead atoms. The molecular formula is C23H18N2O4. The Morgan fingerprint density at radius 1 is 0.931 bits per heavy atom. The molecule has 6 nitrogen and oxygen atoms in total. The van der Waals surface area contributed by atoms with Gasteiger partial charge in [0.15, 0.2) is 22.0 Å². The summed E-state index contributed by atoms with van der Waals surface area (Å²) in [4.78, 5) is 30.1. The number of aromatic amines is 1. The highest BCUT2D eigenvalue weighted by Gasteiger charge is 2.19. The van der Waals surface area contributed by atoms with Crippen molar-refractivity contribution >= 4 is 49.4 Å². The quantitative estimate of drug-likeness (QED) is 0.325. The van der Waals surface area contributed by atoms with Crippen molar-refractivity contribution in [2.24, 2.45) is 0 Å². The molecule has 144 valence electrons. The van der Waals surface area contributed by atoms with Gasteiger partial charge in [-0.15, -0.1) is 0 Å². The Morgan fingerprint density at radius 2 is 1.66 bits per heavy atom. The van der Waals surface area contributed by atoms with Crippen LogP contribution in [0, 0.1) is 6.92 Å². The van der Waals surface area contributed by atoms with Gasteiger partial charge >= 0.3 is 0 Å². The lowest BCUT2D eigenvalue weighted by atomic mass is 9.99. The van der Waals surface area contributed by atoms with Crippen molar-refractivity contribution in [2.75, 3.05) is 18.5 Å². The number of aliphatic hydroxyl groups excluding tert-OH is 1.